The van der Waals surface area contributed by atoms with Crippen molar-refractivity contribution >= 4 is 11.5 Å². The number of aromatic hydroxyl groups is 1. The van der Waals surface area contributed by atoms with Crippen molar-refractivity contribution in [1.82, 2.24) is 19.5 Å². The van der Waals surface area contributed by atoms with Crippen molar-refractivity contribution in [1.29, 1.82) is 0 Å². The quantitative estimate of drug-likeness (QED) is 0.739. The summed E-state index contributed by atoms with van der Waals surface area (Å²) in [5, 5.41) is 17.2. The Morgan fingerprint density at radius 1 is 1.12 bits per heavy atom. The van der Waals surface area contributed by atoms with E-state index in [9.17, 15) is 5.11 Å². The second-order valence-electron chi connectivity index (χ2n) is 6.07. The number of fused-ring (bicyclic) bond motifs is 1. The number of morpholine rings is 1. The first-order valence-corrected chi connectivity index (χ1v) is 8.47. The van der Waals surface area contributed by atoms with E-state index < -0.39 is 0 Å². The zero-order valence-electron chi connectivity index (χ0n) is 13.9. The molecule has 2 aromatic heterocycles. The zero-order chi connectivity index (χ0) is 17.1. The molecule has 7 heteroatoms. The summed E-state index contributed by atoms with van der Waals surface area (Å²) in [6.45, 7) is 5.42. The van der Waals surface area contributed by atoms with Crippen LogP contribution in [0.15, 0.2) is 42.7 Å². The third-order valence-electron chi connectivity index (χ3n) is 4.39. The van der Waals surface area contributed by atoms with Gasteiger partial charge in [-0.1, -0.05) is 12.1 Å². The van der Waals surface area contributed by atoms with Crippen molar-refractivity contribution in [3.8, 4) is 16.9 Å². The lowest BCUT2D eigenvalue weighted by Crippen LogP contribution is -2.39. The molecule has 0 aliphatic carbocycles. The lowest BCUT2D eigenvalue weighted by atomic mass is 10.1. The van der Waals surface area contributed by atoms with Crippen molar-refractivity contribution < 1.29 is 9.84 Å². The van der Waals surface area contributed by atoms with Gasteiger partial charge >= 0.3 is 0 Å². The second kappa shape index (κ2) is 7.08. The van der Waals surface area contributed by atoms with Crippen LogP contribution in [0, 0.1) is 0 Å². The molecule has 0 spiro atoms. The summed E-state index contributed by atoms with van der Waals surface area (Å²) < 4.78 is 7.13. The van der Waals surface area contributed by atoms with Crippen LogP contribution in [-0.4, -0.2) is 64.0 Å². The van der Waals surface area contributed by atoms with Crippen LogP contribution in [0.2, 0.25) is 0 Å². The lowest BCUT2D eigenvalue weighted by Gasteiger charge is -2.26. The number of hydrogen-bond acceptors (Lipinski definition) is 6. The molecular formula is C18H21N5O2. The van der Waals surface area contributed by atoms with Crippen molar-refractivity contribution in [2.24, 2.45) is 0 Å². The monoisotopic (exact) mass is 339 g/mol. The molecular weight excluding hydrogens is 318 g/mol. The van der Waals surface area contributed by atoms with Crippen molar-refractivity contribution in [3.63, 3.8) is 0 Å². The molecule has 1 saturated heterocycles. The van der Waals surface area contributed by atoms with E-state index in [4.69, 9.17) is 9.72 Å². The number of rotatable bonds is 5. The molecule has 0 saturated carbocycles. The van der Waals surface area contributed by atoms with Gasteiger partial charge in [-0.05, 0) is 23.8 Å². The Balaban J connectivity index is 1.49. The minimum Gasteiger partial charge on any atom is -0.508 e. The average molecular weight is 339 g/mol. The van der Waals surface area contributed by atoms with E-state index in [1.54, 1.807) is 22.8 Å². The maximum Gasteiger partial charge on any atom is 0.165 e. The Kier molecular flexibility index (Phi) is 4.49. The number of phenols is 1. The Bertz CT molecular complexity index is 840. The maximum absolute atomic E-state index is 9.46. The van der Waals surface area contributed by atoms with Crippen molar-refractivity contribution in [2.75, 3.05) is 44.7 Å². The Labute approximate surface area is 145 Å². The average Bonchev–Trinajstić information content (AvgIpc) is 3.07. The molecule has 0 atom stereocenters. The molecule has 2 N–H and O–H groups in total. The van der Waals surface area contributed by atoms with E-state index in [-0.39, 0.29) is 5.75 Å². The molecule has 3 heterocycles. The van der Waals surface area contributed by atoms with Crippen LogP contribution in [0.5, 0.6) is 5.75 Å². The fourth-order valence-corrected chi connectivity index (χ4v) is 2.98. The fraction of sp³-hybridized carbons (Fsp3) is 0.333. The Hall–Kier alpha value is -2.64. The first kappa shape index (κ1) is 15.9. The smallest absolute Gasteiger partial charge is 0.165 e. The molecule has 1 fully saturated rings. The van der Waals surface area contributed by atoms with E-state index in [1.165, 1.54) is 0 Å². The van der Waals surface area contributed by atoms with E-state index in [0.717, 1.165) is 62.0 Å². The third-order valence-corrected chi connectivity index (χ3v) is 4.39. The van der Waals surface area contributed by atoms with E-state index in [0.29, 0.717) is 0 Å². The predicted molar refractivity (Wildman–Crippen MR) is 95.8 cm³/mol. The van der Waals surface area contributed by atoms with E-state index in [2.05, 4.69) is 15.3 Å². The lowest BCUT2D eigenvalue weighted by molar-refractivity contribution is 0.0398. The van der Waals surface area contributed by atoms with E-state index >= 15 is 0 Å². The summed E-state index contributed by atoms with van der Waals surface area (Å²) in [4.78, 5) is 7.08. The SMILES string of the molecule is Oc1ccc(-c2cnn3ccc(NCCN4CCOCC4)nc23)cc1. The van der Waals surface area contributed by atoms with Gasteiger partial charge in [-0.15, -0.1) is 0 Å². The van der Waals surface area contributed by atoms with Gasteiger partial charge in [0.1, 0.15) is 11.6 Å². The summed E-state index contributed by atoms with van der Waals surface area (Å²) in [6, 6.07) is 9.01. The summed E-state index contributed by atoms with van der Waals surface area (Å²) >= 11 is 0. The van der Waals surface area contributed by atoms with Gasteiger partial charge in [0.15, 0.2) is 5.65 Å². The molecule has 0 bridgehead atoms. The molecule has 0 amide bonds. The first-order chi connectivity index (χ1) is 12.3. The van der Waals surface area contributed by atoms with Gasteiger partial charge in [0, 0.05) is 37.9 Å². The zero-order valence-corrected chi connectivity index (χ0v) is 13.9. The van der Waals surface area contributed by atoms with Gasteiger partial charge < -0.3 is 15.2 Å². The predicted octanol–water partition coefficient (Wildman–Crippen LogP) is 1.85. The summed E-state index contributed by atoms with van der Waals surface area (Å²) in [7, 11) is 0. The minimum absolute atomic E-state index is 0.249. The molecule has 0 unspecified atom stereocenters. The van der Waals surface area contributed by atoms with Crippen LogP contribution in [0.1, 0.15) is 0 Å². The van der Waals surface area contributed by atoms with Crippen molar-refractivity contribution in [3.05, 3.63) is 42.7 Å². The molecule has 1 aliphatic rings. The van der Waals surface area contributed by atoms with Gasteiger partial charge in [-0.2, -0.15) is 5.10 Å². The molecule has 130 valence electrons. The number of nitrogens with one attached hydrogen (secondary N) is 1. The Morgan fingerprint density at radius 3 is 2.72 bits per heavy atom. The largest absolute Gasteiger partial charge is 0.508 e. The van der Waals surface area contributed by atoms with Gasteiger partial charge in [-0.25, -0.2) is 9.50 Å². The highest BCUT2D eigenvalue weighted by atomic mass is 16.5. The second-order valence-corrected chi connectivity index (χ2v) is 6.07. The number of nitrogens with zero attached hydrogens (tertiary/aromatic N) is 4. The normalized spacial score (nSPS) is 15.5. The number of anilines is 1. The molecule has 25 heavy (non-hydrogen) atoms. The van der Waals surface area contributed by atoms with Crippen LogP contribution in [-0.2, 0) is 4.74 Å². The highest BCUT2D eigenvalue weighted by Gasteiger charge is 2.11. The number of ether oxygens (including phenoxy) is 1. The third kappa shape index (κ3) is 3.57. The molecule has 3 aromatic rings. The number of hydrogen-bond donors (Lipinski definition) is 2. The molecule has 1 aromatic carbocycles. The highest BCUT2D eigenvalue weighted by Crippen LogP contribution is 2.25. The molecule has 7 nitrogen and oxygen atoms in total. The molecule has 1 aliphatic heterocycles. The topological polar surface area (TPSA) is 74.9 Å². The molecule has 4 rings (SSSR count). The highest BCUT2D eigenvalue weighted by molar-refractivity contribution is 5.77. The summed E-state index contributed by atoms with van der Waals surface area (Å²) in [5.74, 6) is 1.08. The fourth-order valence-electron chi connectivity index (χ4n) is 2.98. The summed E-state index contributed by atoms with van der Waals surface area (Å²) in [5.41, 5.74) is 2.71. The van der Waals surface area contributed by atoms with Crippen LogP contribution < -0.4 is 5.32 Å². The maximum atomic E-state index is 9.46. The van der Waals surface area contributed by atoms with Gasteiger partial charge in [0.05, 0.1) is 19.4 Å². The van der Waals surface area contributed by atoms with Gasteiger partial charge in [-0.3, -0.25) is 4.90 Å². The van der Waals surface area contributed by atoms with Crippen LogP contribution in [0.4, 0.5) is 5.82 Å². The van der Waals surface area contributed by atoms with Crippen LogP contribution in [0.3, 0.4) is 0 Å². The van der Waals surface area contributed by atoms with Crippen molar-refractivity contribution in [2.45, 2.75) is 0 Å². The van der Waals surface area contributed by atoms with Crippen LogP contribution >= 0.6 is 0 Å². The first-order valence-electron chi connectivity index (χ1n) is 8.47. The molecule has 0 radical (unpaired) electrons. The summed E-state index contributed by atoms with van der Waals surface area (Å²) in [6.07, 6.45) is 3.70. The number of phenolic OH excluding ortho intramolecular Hbond substituents is 1. The number of aromatic nitrogens is 3. The Morgan fingerprint density at radius 2 is 1.92 bits per heavy atom. The minimum atomic E-state index is 0.249. The van der Waals surface area contributed by atoms with E-state index in [1.807, 2.05) is 24.4 Å². The van der Waals surface area contributed by atoms with Gasteiger partial charge in [0.2, 0.25) is 0 Å². The van der Waals surface area contributed by atoms with Gasteiger partial charge in [0.25, 0.3) is 0 Å². The standard InChI is InChI=1S/C18H21N5O2/c24-15-3-1-14(2-4-15)16-13-20-23-7-5-17(21-18(16)23)19-6-8-22-9-11-25-12-10-22/h1-5,7,13,24H,6,8-12H2,(H,19,21). The van der Waals surface area contributed by atoms with Crippen LogP contribution in [0.25, 0.3) is 16.8 Å². The number of benzene rings is 1.